The molecule has 1 aromatic heterocycles. The van der Waals surface area contributed by atoms with Crippen LogP contribution in [0.4, 0.5) is 5.95 Å². The minimum Gasteiger partial charge on any atom is -0.369 e. The highest BCUT2D eigenvalue weighted by Crippen LogP contribution is 2.37. The molecular formula is C14H18ClN3. The van der Waals surface area contributed by atoms with E-state index in [-0.39, 0.29) is 0 Å². The molecule has 2 aromatic rings. The maximum atomic E-state index is 6.18. The van der Waals surface area contributed by atoms with Crippen molar-refractivity contribution in [3.63, 3.8) is 0 Å². The summed E-state index contributed by atoms with van der Waals surface area (Å²) < 4.78 is 2.18. The molecule has 18 heavy (non-hydrogen) atoms. The van der Waals surface area contributed by atoms with Crippen molar-refractivity contribution in [1.29, 1.82) is 0 Å². The molecule has 1 fully saturated rings. The van der Waals surface area contributed by atoms with Gasteiger partial charge in [0.2, 0.25) is 5.95 Å². The van der Waals surface area contributed by atoms with E-state index in [2.05, 4.69) is 22.5 Å². The second-order valence-electron chi connectivity index (χ2n) is 5.37. The molecule has 2 N–H and O–H groups in total. The zero-order valence-electron chi connectivity index (χ0n) is 10.6. The minimum atomic E-state index is 0.470. The Morgan fingerprint density at radius 2 is 2.22 bits per heavy atom. The third kappa shape index (κ3) is 1.87. The number of hydrogen-bond acceptors (Lipinski definition) is 2. The number of benzene rings is 1. The van der Waals surface area contributed by atoms with Gasteiger partial charge in [-0.3, -0.25) is 0 Å². The van der Waals surface area contributed by atoms with Crippen molar-refractivity contribution in [2.75, 3.05) is 5.73 Å². The second kappa shape index (κ2) is 4.47. The van der Waals surface area contributed by atoms with Gasteiger partial charge in [-0.05, 0) is 30.9 Å². The number of nitrogens with zero attached hydrogens (tertiary/aromatic N) is 2. The molecule has 1 heterocycles. The fraction of sp³-hybridized carbons (Fsp3) is 0.500. The van der Waals surface area contributed by atoms with Crippen molar-refractivity contribution in [3.05, 3.63) is 23.2 Å². The zero-order chi connectivity index (χ0) is 12.7. The zero-order valence-corrected chi connectivity index (χ0v) is 11.3. The molecule has 2 unspecified atom stereocenters. The second-order valence-corrected chi connectivity index (χ2v) is 5.78. The van der Waals surface area contributed by atoms with Crippen LogP contribution in [0.25, 0.3) is 11.0 Å². The summed E-state index contributed by atoms with van der Waals surface area (Å²) >= 11 is 6.18. The predicted molar refractivity (Wildman–Crippen MR) is 75.8 cm³/mol. The Bertz CT molecular complexity index is 576. The van der Waals surface area contributed by atoms with Crippen LogP contribution < -0.4 is 5.73 Å². The highest BCUT2D eigenvalue weighted by molar-refractivity contribution is 6.35. The molecule has 2 atom stereocenters. The van der Waals surface area contributed by atoms with E-state index in [4.69, 9.17) is 17.3 Å². The molecule has 0 bridgehead atoms. The monoisotopic (exact) mass is 263 g/mol. The van der Waals surface area contributed by atoms with Crippen molar-refractivity contribution in [2.24, 2.45) is 5.92 Å². The van der Waals surface area contributed by atoms with Gasteiger partial charge in [-0.15, -0.1) is 0 Å². The molecule has 3 nitrogen and oxygen atoms in total. The maximum Gasteiger partial charge on any atom is 0.201 e. The normalized spacial score (nSPS) is 24.6. The number of nitrogen functional groups attached to an aromatic ring is 1. The van der Waals surface area contributed by atoms with Crippen LogP contribution in [0.1, 0.15) is 38.6 Å². The average Bonchev–Trinajstić information content (AvgIpc) is 2.67. The van der Waals surface area contributed by atoms with Crippen LogP contribution in [0.3, 0.4) is 0 Å². The van der Waals surface area contributed by atoms with Crippen molar-refractivity contribution < 1.29 is 0 Å². The number of imidazole rings is 1. The van der Waals surface area contributed by atoms with Crippen LogP contribution in [-0.2, 0) is 0 Å². The molecule has 0 radical (unpaired) electrons. The SMILES string of the molecule is CC1CCCC(n2c(N)nc3c(Cl)cccc32)C1. The Morgan fingerprint density at radius 3 is 3.00 bits per heavy atom. The number of para-hydroxylation sites is 1. The van der Waals surface area contributed by atoms with Crippen molar-refractivity contribution in [3.8, 4) is 0 Å². The van der Waals surface area contributed by atoms with Gasteiger partial charge in [0.15, 0.2) is 0 Å². The first-order chi connectivity index (χ1) is 8.66. The Morgan fingerprint density at radius 1 is 1.39 bits per heavy atom. The Kier molecular flexibility index (Phi) is 2.94. The quantitative estimate of drug-likeness (QED) is 0.844. The number of halogens is 1. The van der Waals surface area contributed by atoms with E-state index in [1.807, 2.05) is 12.1 Å². The van der Waals surface area contributed by atoms with E-state index in [9.17, 15) is 0 Å². The lowest BCUT2D eigenvalue weighted by Crippen LogP contribution is -2.19. The van der Waals surface area contributed by atoms with Gasteiger partial charge >= 0.3 is 0 Å². The summed E-state index contributed by atoms with van der Waals surface area (Å²) in [6, 6.07) is 6.36. The molecule has 1 aromatic carbocycles. The molecule has 0 spiro atoms. The first-order valence-corrected chi connectivity index (χ1v) is 6.96. The van der Waals surface area contributed by atoms with E-state index in [0.29, 0.717) is 17.0 Å². The fourth-order valence-corrected chi connectivity index (χ4v) is 3.33. The number of fused-ring (bicyclic) bond motifs is 1. The van der Waals surface area contributed by atoms with E-state index < -0.39 is 0 Å². The smallest absolute Gasteiger partial charge is 0.201 e. The van der Waals surface area contributed by atoms with Crippen LogP contribution >= 0.6 is 11.6 Å². The third-order valence-corrected chi connectivity index (χ3v) is 4.28. The number of anilines is 1. The highest BCUT2D eigenvalue weighted by Gasteiger charge is 2.24. The molecule has 1 saturated carbocycles. The van der Waals surface area contributed by atoms with Gasteiger partial charge in [-0.2, -0.15) is 0 Å². The molecule has 0 amide bonds. The van der Waals surface area contributed by atoms with Gasteiger partial charge in [0.1, 0.15) is 5.52 Å². The molecule has 0 saturated heterocycles. The van der Waals surface area contributed by atoms with Crippen LogP contribution in [0.5, 0.6) is 0 Å². The van der Waals surface area contributed by atoms with E-state index >= 15 is 0 Å². The van der Waals surface area contributed by atoms with E-state index in [1.165, 1.54) is 25.7 Å². The summed E-state index contributed by atoms with van der Waals surface area (Å²) in [6.45, 7) is 2.31. The molecular weight excluding hydrogens is 246 g/mol. The number of rotatable bonds is 1. The van der Waals surface area contributed by atoms with Gasteiger partial charge in [-0.25, -0.2) is 4.98 Å². The van der Waals surface area contributed by atoms with Crippen LogP contribution in [0.15, 0.2) is 18.2 Å². The lowest BCUT2D eigenvalue weighted by molar-refractivity contribution is 0.289. The molecule has 1 aliphatic rings. The van der Waals surface area contributed by atoms with Gasteiger partial charge in [0.25, 0.3) is 0 Å². The predicted octanol–water partition coefficient (Wildman–Crippen LogP) is 4.02. The third-order valence-electron chi connectivity index (χ3n) is 3.97. The van der Waals surface area contributed by atoms with Crippen LogP contribution in [0, 0.1) is 5.92 Å². The minimum absolute atomic E-state index is 0.470. The van der Waals surface area contributed by atoms with Gasteiger partial charge in [0.05, 0.1) is 10.5 Å². The van der Waals surface area contributed by atoms with E-state index in [1.54, 1.807) is 0 Å². The Balaban J connectivity index is 2.10. The molecule has 3 rings (SSSR count). The molecule has 1 aliphatic carbocycles. The molecule has 0 aliphatic heterocycles. The van der Waals surface area contributed by atoms with Crippen molar-refractivity contribution in [1.82, 2.24) is 9.55 Å². The summed E-state index contributed by atoms with van der Waals surface area (Å²) in [7, 11) is 0. The number of nitrogens with two attached hydrogens (primary N) is 1. The first-order valence-electron chi connectivity index (χ1n) is 6.58. The van der Waals surface area contributed by atoms with E-state index in [0.717, 1.165) is 17.0 Å². The summed E-state index contributed by atoms with van der Waals surface area (Å²) in [5, 5.41) is 0.682. The van der Waals surface area contributed by atoms with Gasteiger partial charge in [0, 0.05) is 6.04 Å². The van der Waals surface area contributed by atoms with Crippen LogP contribution in [-0.4, -0.2) is 9.55 Å². The number of hydrogen-bond donors (Lipinski definition) is 1. The molecule has 4 heteroatoms. The highest BCUT2D eigenvalue weighted by atomic mass is 35.5. The Hall–Kier alpha value is -1.22. The summed E-state index contributed by atoms with van der Waals surface area (Å²) in [4.78, 5) is 4.42. The standard InChI is InChI=1S/C14H18ClN3/c1-9-4-2-5-10(8-9)18-12-7-3-6-11(15)13(12)17-14(18)16/h3,6-7,9-10H,2,4-5,8H2,1H3,(H2,16,17). The largest absolute Gasteiger partial charge is 0.369 e. The molecule has 96 valence electrons. The summed E-state index contributed by atoms with van der Waals surface area (Å²) in [5.74, 6) is 1.36. The lowest BCUT2D eigenvalue weighted by Gasteiger charge is -2.28. The maximum absolute atomic E-state index is 6.18. The lowest BCUT2D eigenvalue weighted by atomic mass is 9.87. The first kappa shape index (κ1) is 11.8. The van der Waals surface area contributed by atoms with Gasteiger partial charge < -0.3 is 10.3 Å². The number of aromatic nitrogens is 2. The van der Waals surface area contributed by atoms with Crippen molar-refractivity contribution >= 4 is 28.6 Å². The summed E-state index contributed by atoms with van der Waals surface area (Å²) in [6.07, 6.45) is 4.96. The topological polar surface area (TPSA) is 43.8 Å². The fourth-order valence-electron chi connectivity index (χ4n) is 3.12. The van der Waals surface area contributed by atoms with Gasteiger partial charge in [-0.1, -0.05) is 37.4 Å². The van der Waals surface area contributed by atoms with Crippen molar-refractivity contribution in [2.45, 2.75) is 38.6 Å². The average molecular weight is 264 g/mol. The Labute approximate surface area is 112 Å². The van der Waals surface area contributed by atoms with Crippen LogP contribution in [0.2, 0.25) is 5.02 Å². The summed E-state index contributed by atoms with van der Waals surface area (Å²) in [5.41, 5.74) is 7.99.